The Labute approximate surface area is 71.3 Å². The van der Waals surface area contributed by atoms with Gasteiger partial charge < -0.3 is 15.0 Å². The van der Waals surface area contributed by atoms with E-state index < -0.39 is 0 Å². The number of nitrogens with zero attached hydrogens (tertiary/aromatic N) is 1. The smallest absolute Gasteiger partial charge is 0.136 e. The molecule has 0 amide bonds. The third kappa shape index (κ3) is 1.49. The molecule has 1 aromatic heterocycles. The lowest BCUT2D eigenvalue weighted by Crippen LogP contribution is -2.33. The van der Waals surface area contributed by atoms with E-state index in [0.29, 0.717) is 0 Å². The number of imidazole rings is 1. The van der Waals surface area contributed by atoms with Gasteiger partial charge in [-0.3, -0.25) is 0 Å². The molecule has 0 unspecified atom stereocenters. The highest BCUT2D eigenvalue weighted by atomic mass is 16.5. The number of nitrogens with one attached hydrogen (secondary N) is 2. The predicted octanol–water partition coefficient (Wildman–Crippen LogP) is 0.379. The van der Waals surface area contributed by atoms with Crippen molar-refractivity contribution < 1.29 is 4.74 Å². The molecule has 0 aromatic carbocycles. The summed E-state index contributed by atoms with van der Waals surface area (Å²) in [5.41, 5.74) is 1.08. The van der Waals surface area contributed by atoms with Crippen molar-refractivity contribution in [3.63, 3.8) is 0 Å². The van der Waals surface area contributed by atoms with Gasteiger partial charge in [0.15, 0.2) is 0 Å². The van der Waals surface area contributed by atoms with Crippen molar-refractivity contribution in [1.82, 2.24) is 15.3 Å². The minimum Gasteiger partial charge on any atom is -0.368 e. The van der Waals surface area contributed by atoms with E-state index in [2.05, 4.69) is 15.3 Å². The van der Waals surface area contributed by atoms with E-state index in [9.17, 15) is 0 Å². The van der Waals surface area contributed by atoms with Gasteiger partial charge in [0.2, 0.25) is 0 Å². The number of morpholine rings is 1. The first-order valence-electron chi connectivity index (χ1n) is 4.20. The van der Waals surface area contributed by atoms with Gasteiger partial charge >= 0.3 is 0 Å². The van der Waals surface area contributed by atoms with Crippen LogP contribution in [0.25, 0.3) is 0 Å². The van der Waals surface area contributed by atoms with Gasteiger partial charge in [0.1, 0.15) is 11.9 Å². The number of aromatic amines is 1. The predicted molar refractivity (Wildman–Crippen MR) is 44.9 cm³/mol. The Balaban J connectivity index is 2.08. The molecule has 1 aliphatic heterocycles. The Morgan fingerprint density at radius 2 is 2.58 bits per heavy atom. The Hall–Kier alpha value is -0.870. The molecule has 0 aliphatic carbocycles. The molecule has 1 fully saturated rings. The average Bonchev–Trinajstić information content (AvgIpc) is 2.54. The lowest BCUT2D eigenvalue weighted by Gasteiger charge is -2.21. The molecule has 1 saturated heterocycles. The topological polar surface area (TPSA) is 49.9 Å². The van der Waals surface area contributed by atoms with E-state index in [-0.39, 0.29) is 6.10 Å². The molecule has 2 N–H and O–H groups in total. The van der Waals surface area contributed by atoms with Crippen LogP contribution in [0.3, 0.4) is 0 Å². The SMILES string of the molecule is Cc1cnc([C@@H]2CNCCO2)[nH]1. The van der Waals surface area contributed by atoms with Crippen LogP contribution in [-0.2, 0) is 4.74 Å². The Morgan fingerprint density at radius 3 is 3.17 bits per heavy atom. The van der Waals surface area contributed by atoms with Gasteiger partial charge in [-0.05, 0) is 6.92 Å². The Morgan fingerprint density at radius 1 is 1.67 bits per heavy atom. The van der Waals surface area contributed by atoms with E-state index >= 15 is 0 Å². The monoisotopic (exact) mass is 167 g/mol. The summed E-state index contributed by atoms with van der Waals surface area (Å²) in [5.74, 6) is 0.930. The van der Waals surface area contributed by atoms with Crippen LogP contribution in [0.5, 0.6) is 0 Å². The molecule has 0 radical (unpaired) electrons. The van der Waals surface area contributed by atoms with Crippen LogP contribution in [0.4, 0.5) is 0 Å². The number of hydrogen-bond acceptors (Lipinski definition) is 3. The quantitative estimate of drug-likeness (QED) is 0.635. The molecule has 1 aromatic rings. The molecular weight excluding hydrogens is 154 g/mol. The summed E-state index contributed by atoms with van der Waals surface area (Å²) in [6.45, 7) is 4.56. The lowest BCUT2D eigenvalue weighted by atomic mass is 10.3. The fraction of sp³-hybridized carbons (Fsp3) is 0.625. The van der Waals surface area contributed by atoms with Crippen molar-refractivity contribution in [1.29, 1.82) is 0 Å². The van der Waals surface area contributed by atoms with Crippen molar-refractivity contribution >= 4 is 0 Å². The number of aromatic nitrogens is 2. The first kappa shape index (κ1) is 7.76. The zero-order chi connectivity index (χ0) is 8.39. The van der Waals surface area contributed by atoms with E-state index in [4.69, 9.17) is 4.74 Å². The van der Waals surface area contributed by atoms with E-state index in [1.807, 2.05) is 13.1 Å². The second kappa shape index (κ2) is 3.25. The van der Waals surface area contributed by atoms with Crippen LogP contribution in [-0.4, -0.2) is 29.7 Å². The maximum atomic E-state index is 5.52. The molecule has 4 nitrogen and oxygen atoms in total. The van der Waals surface area contributed by atoms with Crippen LogP contribution >= 0.6 is 0 Å². The van der Waals surface area contributed by atoms with Gasteiger partial charge in [-0.2, -0.15) is 0 Å². The molecule has 66 valence electrons. The molecule has 1 atom stereocenters. The molecule has 4 heteroatoms. The number of hydrogen-bond donors (Lipinski definition) is 2. The minimum atomic E-state index is 0.104. The van der Waals surface area contributed by atoms with Crippen LogP contribution < -0.4 is 5.32 Å². The van der Waals surface area contributed by atoms with Crippen molar-refractivity contribution in [3.05, 3.63) is 17.7 Å². The number of aryl methyl sites for hydroxylation is 1. The first-order valence-corrected chi connectivity index (χ1v) is 4.20. The zero-order valence-electron chi connectivity index (χ0n) is 7.13. The summed E-state index contributed by atoms with van der Waals surface area (Å²) in [4.78, 5) is 7.39. The number of ether oxygens (including phenoxy) is 1. The molecule has 0 bridgehead atoms. The minimum absolute atomic E-state index is 0.104. The highest BCUT2D eigenvalue weighted by Crippen LogP contribution is 2.14. The maximum Gasteiger partial charge on any atom is 0.136 e. The molecule has 2 rings (SSSR count). The largest absolute Gasteiger partial charge is 0.368 e. The van der Waals surface area contributed by atoms with Gasteiger partial charge in [0.05, 0.1) is 6.61 Å². The van der Waals surface area contributed by atoms with E-state index in [1.165, 1.54) is 0 Å². The Kier molecular flexibility index (Phi) is 2.10. The molecular formula is C8H13N3O. The van der Waals surface area contributed by atoms with Crippen molar-refractivity contribution in [2.24, 2.45) is 0 Å². The standard InChI is InChI=1S/C8H13N3O/c1-6-4-10-8(11-6)7-5-9-2-3-12-7/h4,7,9H,2-3,5H2,1H3,(H,10,11)/t7-/m0/s1. The summed E-state index contributed by atoms with van der Waals surface area (Å²) in [6, 6.07) is 0. The van der Waals surface area contributed by atoms with Gasteiger partial charge in [0, 0.05) is 25.0 Å². The lowest BCUT2D eigenvalue weighted by molar-refractivity contribution is 0.0226. The van der Waals surface area contributed by atoms with Crippen LogP contribution in [0.1, 0.15) is 17.6 Å². The second-order valence-electron chi connectivity index (χ2n) is 3.02. The molecule has 12 heavy (non-hydrogen) atoms. The van der Waals surface area contributed by atoms with Gasteiger partial charge in [-0.15, -0.1) is 0 Å². The molecule has 0 saturated carbocycles. The fourth-order valence-corrected chi connectivity index (χ4v) is 1.34. The summed E-state index contributed by atoms with van der Waals surface area (Å²) >= 11 is 0. The number of rotatable bonds is 1. The van der Waals surface area contributed by atoms with Crippen molar-refractivity contribution in [2.75, 3.05) is 19.7 Å². The first-order chi connectivity index (χ1) is 5.86. The maximum absolute atomic E-state index is 5.52. The van der Waals surface area contributed by atoms with E-state index in [0.717, 1.165) is 31.2 Å². The van der Waals surface area contributed by atoms with Gasteiger partial charge in [-0.1, -0.05) is 0 Å². The van der Waals surface area contributed by atoms with Crippen molar-refractivity contribution in [2.45, 2.75) is 13.0 Å². The highest BCUT2D eigenvalue weighted by Gasteiger charge is 2.17. The van der Waals surface area contributed by atoms with Crippen LogP contribution in [0.2, 0.25) is 0 Å². The summed E-state index contributed by atoms with van der Waals surface area (Å²) in [5, 5.41) is 3.26. The summed E-state index contributed by atoms with van der Waals surface area (Å²) < 4.78 is 5.52. The van der Waals surface area contributed by atoms with E-state index in [1.54, 1.807) is 0 Å². The number of H-pyrrole nitrogens is 1. The molecule has 2 heterocycles. The third-order valence-electron chi connectivity index (χ3n) is 1.96. The normalized spacial score (nSPS) is 24.2. The summed E-state index contributed by atoms with van der Waals surface area (Å²) in [7, 11) is 0. The fourth-order valence-electron chi connectivity index (χ4n) is 1.34. The molecule has 1 aliphatic rings. The van der Waals surface area contributed by atoms with Crippen molar-refractivity contribution in [3.8, 4) is 0 Å². The average molecular weight is 167 g/mol. The van der Waals surface area contributed by atoms with Gasteiger partial charge in [0.25, 0.3) is 0 Å². The van der Waals surface area contributed by atoms with Crippen LogP contribution in [0, 0.1) is 6.92 Å². The second-order valence-corrected chi connectivity index (χ2v) is 3.02. The van der Waals surface area contributed by atoms with Crippen LogP contribution in [0.15, 0.2) is 6.20 Å². The van der Waals surface area contributed by atoms with Gasteiger partial charge in [-0.25, -0.2) is 4.98 Å². The highest BCUT2D eigenvalue weighted by molar-refractivity contribution is 5.02. The summed E-state index contributed by atoms with van der Waals surface area (Å²) in [6.07, 6.45) is 1.93. The third-order valence-corrected chi connectivity index (χ3v) is 1.96. The Bertz CT molecular complexity index is 253. The zero-order valence-corrected chi connectivity index (χ0v) is 7.13. The molecule has 0 spiro atoms.